The molecule has 1 aliphatic heterocycles. The maximum absolute atomic E-state index is 12.6. The van der Waals surface area contributed by atoms with Crippen LogP contribution in [0.25, 0.3) is 0 Å². The number of thiazole rings is 1. The van der Waals surface area contributed by atoms with E-state index in [1.165, 1.54) is 4.88 Å². The molecular formula is C17H25N5OS. The van der Waals surface area contributed by atoms with E-state index in [4.69, 9.17) is 0 Å². The molecule has 0 saturated carbocycles. The van der Waals surface area contributed by atoms with Crippen molar-refractivity contribution in [1.29, 1.82) is 0 Å². The Morgan fingerprint density at radius 3 is 3.00 bits per heavy atom. The third kappa shape index (κ3) is 3.84. The Balaban J connectivity index is 1.51. The van der Waals surface area contributed by atoms with Gasteiger partial charge in [-0.05, 0) is 33.2 Å². The summed E-state index contributed by atoms with van der Waals surface area (Å²) in [7, 11) is 2.15. The van der Waals surface area contributed by atoms with E-state index in [2.05, 4.69) is 29.0 Å². The zero-order valence-electron chi connectivity index (χ0n) is 14.6. The lowest BCUT2D eigenvalue weighted by molar-refractivity contribution is 0.0784. The minimum atomic E-state index is 0.109. The van der Waals surface area contributed by atoms with Crippen molar-refractivity contribution in [2.45, 2.75) is 33.4 Å². The molecule has 1 atom stereocenters. The number of nitrogens with zero attached hydrogens (tertiary/aromatic N) is 5. The van der Waals surface area contributed by atoms with E-state index in [0.717, 1.165) is 44.8 Å². The summed E-state index contributed by atoms with van der Waals surface area (Å²) < 4.78 is 1.80. The molecule has 0 N–H and O–H groups in total. The fourth-order valence-electron chi connectivity index (χ4n) is 3.22. The quantitative estimate of drug-likeness (QED) is 0.804. The fourth-order valence-corrected chi connectivity index (χ4v) is 4.08. The molecule has 1 fully saturated rings. The van der Waals surface area contributed by atoms with E-state index in [-0.39, 0.29) is 5.91 Å². The van der Waals surface area contributed by atoms with Crippen molar-refractivity contribution in [3.63, 3.8) is 0 Å². The number of rotatable bonds is 6. The highest BCUT2D eigenvalue weighted by molar-refractivity contribution is 7.09. The molecule has 0 aromatic carbocycles. The van der Waals surface area contributed by atoms with Gasteiger partial charge < -0.3 is 9.80 Å². The van der Waals surface area contributed by atoms with Gasteiger partial charge in [-0.3, -0.25) is 9.48 Å². The van der Waals surface area contributed by atoms with E-state index in [1.807, 2.05) is 23.5 Å². The molecule has 1 aliphatic rings. The van der Waals surface area contributed by atoms with Crippen molar-refractivity contribution < 1.29 is 4.79 Å². The van der Waals surface area contributed by atoms with Crippen LogP contribution in [-0.4, -0.2) is 57.2 Å². The van der Waals surface area contributed by atoms with Crippen LogP contribution < -0.4 is 0 Å². The lowest BCUT2D eigenvalue weighted by Crippen LogP contribution is -2.31. The summed E-state index contributed by atoms with van der Waals surface area (Å²) in [5.41, 5.74) is 3.74. The van der Waals surface area contributed by atoms with Crippen LogP contribution in [0.1, 0.15) is 34.3 Å². The Labute approximate surface area is 147 Å². The number of hydrogen-bond acceptors (Lipinski definition) is 5. The van der Waals surface area contributed by atoms with Gasteiger partial charge in [-0.2, -0.15) is 5.10 Å². The molecule has 130 valence electrons. The molecular weight excluding hydrogens is 322 g/mol. The average Bonchev–Trinajstić information content (AvgIpc) is 3.29. The molecule has 6 nitrogen and oxygen atoms in total. The predicted octanol–water partition coefficient (Wildman–Crippen LogP) is 2.26. The Bertz CT molecular complexity index is 695. The summed E-state index contributed by atoms with van der Waals surface area (Å²) in [6, 6.07) is 0. The van der Waals surface area contributed by atoms with E-state index in [9.17, 15) is 4.79 Å². The van der Waals surface area contributed by atoms with E-state index in [0.29, 0.717) is 11.5 Å². The van der Waals surface area contributed by atoms with E-state index < -0.39 is 0 Å². The number of carbonyl (C=O) groups is 1. The van der Waals surface area contributed by atoms with Crippen LogP contribution in [0.2, 0.25) is 0 Å². The molecule has 0 aliphatic carbocycles. The van der Waals surface area contributed by atoms with Gasteiger partial charge in [-0.15, -0.1) is 11.3 Å². The van der Waals surface area contributed by atoms with Gasteiger partial charge >= 0.3 is 0 Å². The van der Waals surface area contributed by atoms with Gasteiger partial charge in [-0.25, -0.2) is 4.98 Å². The number of aromatic nitrogens is 3. The molecule has 0 radical (unpaired) electrons. The highest BCUT2D eigenvalue weighted by Crippen LogP contribution is 2.21. The van der Waals surface area contributed by atoms with Crippen LogP contribution in [0, 0.1) is 12.8 Å². The number of amides is 1. The Kier molecular flexibility index (Phi) is 5.30. The zero-order valence-corrected chi connectivity index (χ0v) is 15.4. The van der Waals surface area contributed by atoms with Crippen molar-refractivity contribution >= 4 is 17.2 Å². The second-order valence-corrected chi connectivity index (χ2v) is 7.49. The van der Waals surface area contributed by atoms with Gasteiger partial charge in [0.05, 0.1) is 23.0 Å². The van der Waals surface area contributed by atoms with Crippen molar-refractivity contribution in [2.75, 3.05) is 26.7 Å². The molecule has 7 heteroatoms. The van der Waals surface area contributed by atoms with Gasteiger partial charge in [0.25, 0.3) is 5.91 Å². The predicted molar refractivity (Wildman–Crippen MR) is 95.1 cm³/mol. The molecule has 0 bridgehead atoms. The molecule has 2 aromatic rings. The molecule has 0 spiro atoms. The monoisotopic (exact) mass is 347 g/mol. The van der Waals surface area contributed by atoms with Gasteiger partial charge in [-0.1, -0.05) is 0 Å². The Hall–Kier alpha value is -1.73. The summed E-state index contributed by atoms with van der Waals surface area (Å²) in [4.78, 5) is 22.5. The van der Waals surface area contributed by atoms with E-state index >= 15 is 0 Å². The first kappa shape index (κ1) is 17.1. The second-order valence-electron chi connectivity index (χ2n) is 6.55. The summed E-state index contributed by atoms with van der Waals surface area (Å²) >= 11 is 1.72. The normalized spacial score (nSPS) is 17.8. The van der Waals surface area contributed by atoms with Crippen LogP contribution >= 0.6 is 11.3 Å². The minimum absolute atomic E-state index is 0.109. The molecule has 2 aromatic heterocycles. The topological polar surface area (TPSA) is 54.3 Å². The highest BCUT2D eigenvalue weighted by Gasteiger charge is 2.28. The third-order valence-electron chi connectivity index (χ3n) is 4.61. The standard InChI is InChI=1S/C17H25N5OS/c1-4-22-10-15(7-19-22)17(23)21-6-5-14(9-21)8-20(3)11-16-13(2)18-12-24-16/h7,10,12,14H,4-6,8-9,11H2,1-3H3/t14-/m1/s1. The maximum atomic E-state index is 12.6. The molecule has 3 heterocycles. The number of carbonyl (C=O) groups excluding carboxylic acids is 1. The molecule has 1 amide bonds. The maximum Gasteiger partial charge on any atom is 0.257 e. The largest absolute Gasteiger partial charge is 0.338 e. The van der Waals surface area contributed by atoms with Gasteiger partial charge in [0, 0.05) is 43.8 Å². The second kappa shape index (κ2) is 7.44. The lowest BCUT2D eigenvalue weighted by atomic mass is 10.1. The number of likely N-dealkylation sites (tertiary alicyclic amines) is 1. The SMILES string of the molecule is CCn1cc(C(=O)N2CC[C@H](CN(C)Cc3scnc3C)C2)cn1. The van der Waals surface area contributed by atoms with Crippen LogP contribution in [-0.2, 0) is 13.1 Å². The average molecular weight is 347 g/mol. The summed E-state index contributed by atoms with van der Waals surface area (Å²) in [5, 5.41) is 4.20. The van der Waals surface area contributed by atoms with Crippen LogP contribution in [0.5, 0.6) is 0 Å². The van der Waals surface area contributed by atoms with Crippen molar-refractivity contribution in [2.24, 2.45) is 5.92 Å². The first-order valence-corrected chi connectivity index (χ1v) is 9.34. The number of hydrogen-bond donors (Lipinski definition) is 0. The van der Waals surface area contributed by atoms with E-state index in [1.54, 1.807) is 22.2 Å². The van der Waals surface area contributed by atoms with Crippen LogP contribution in [0.4, 0.5) is 0 Å². The van der Waals surface area contributed by atoms with Crippen molar-refractivity contribution in [3.05, 3.63) is 34.0 Å². The van der Waals surface area contributed by atoms with Crippen LogP contribution in [0.3, 0.4) is 0 Å². The zero-order chi connectivity index (χ0) is 17.1. The third-order valence-corrected chi connectivity index (χ3v) is 5.53. The first-order chi connectivity index (χ1) is 11.6. The van der Waals surface area contributed by atoms with Gasteiger partial charge in [0.1, 0.15) is 0 Å². The minimum Gasteiger partial charge on any atom is -0.338 e. The van der Waals surface area contributed by atoms with Gasteiger partial charge in [0.15, 0.2) is 0 Å². The lowest BCUT2D eigenvalue weighted by Gasteiger charge is -2.21. The highest BCUT2D eigenvalue weighted by atomic mass is 32.1. The van der Waals surface area contributed by atoms with Crippen molar-refractivity contribution in [3.8, 4) is 0 Å². The molecule has 1 saturated heterocycles. The van der Waals surface area contributed by atoms with Crippen molar-refractivity contribution in [1.82, 2.24) is 24.6 Å². The molecule has 0 unspecified atom stereocenters. The van der Waals surface area contributed by atoms with Crippen LogP contribution in [0.15, 0.2) is 17.9 Å². The Morgan fingerprint density at radius 2 is 2.33 bits per heavy atom. The molecule has 24 heavy (non-hydrogen) atoms. The fraction of sp³-hybridized carbons (Fsp3) is 0.588. The van der Waals surface area contributed by atoms with Gasteiger partial charge in [0.2, 0.25) is 0 Å². The number of aryl methyl sites for hydroxylation is 2. The summed E-state index contributed by atoms with van der Waals surface area (Å²) in [6.07, 6.45) is 4.59. The first-order valence-electron chi connectivity index (χ1n) is 8.46. The summed E-state index contributed by atoms with van der Waals surface area (Å²) in [6.45, 7) is 8.49. The Morgan fingerprint density at radius 1 is 1.50 bits per heavy atom. The summed E-state index contributed by atoms with van der Waals surface area (Å²) in [5.74, 6) is 0.645. The molecule has 3 rings (SSSR count). The smallest absolute Gasteiger partial charge is 0.257 e.